The first kappa shape index (κ1) is 20.3. The highest BCUT2D eigenvalue weighted by Crippen LogP contribution is 2.14. The molecule has 1 fully saturated rings. The van der Waals surface area contributed by atoms with E-state index in [1.165, 1.54) is 9.21 Å². The van der Waals surface area contributed by atoms with Crippen molar-refractivity contribution in [3.8, 4) is 0 Å². The molecule has 1 aliphatic heterocycles. The number of pyridine rings is 1. The smallest absolute Gasteiger partial charge is 0.303 e. The molecule has 8 nitrogen and oxygen atoms in total. The Balaban J connectivity index is 2.02. The van der Waals surface area contributed by atoms with Crippen LogP contribution in [0.2, 0.25) is 0 Å². The van der Waals surface area contributed by atoms with Crippen LogP contribution in [0, 0.1) is 0 Å². The Kier molecular flexibility index (Phi) is 7.52. The number of carbonyl (C=O) groups excluding carboxylic acids is 1. The lowest BCUT2D eigenvalue weighted by Crippen LogP contribution is -2.41. The number of amides is 1. The van der Waals surface area contributed by atoms with E-state index in [-0.39, 0.29) is 37.6 Å². The van der Waals surface area contributed by atoms with Gasteiger partial charge in [0.05, 0.1) is 24.4 Å². The van der Waals surface area contributed by atoms with Gasteiger partial charge in [-0.1, -0.05) is 12.5 Å². The Morgan fingerprint density at radius 3 is 2.50 bits per heavy atom. The minimum atomic E-state index is -3.43. The summed E-state index contributed by atoms with van der Waals surface area (Å²) in [5, 5.41) is 8.78. The maximum absolute atomic E-state index is 12.5. The molecule has 1 amide bonds. The molecule has 2 rings (SSSR count). The Hall–Kier alpha value is -2.00. The highest BCUT2D eigenvalue weighted by atomic mass is 32.2. The summed E-state index contributed by atoms with van der Waals surface area (Å²) in [6, 6.07) is 5.28. The first-order chi connectivity index (χ1) is 12.4. The van der Waals surface area contributed by atoms with Crippen LogP contribution in [0.4, 0.5) is 0 Å². The summed E-state index contributed by atoms with van der Waals surface area (Å²) in [7, 11) is -3.43. The number of rotatable bonds is 9. The van der Waals surface area contributed by atoms with Crippen LogP contribution in [0.15, 0.2) is 24.4 Å². The first-order valence-electron chi connectivity index (χ1n) is 8.76. The third kappa shape index (κ3) is 6.38. The molecule has 0 unspecified atom stereocenters. The predicted octanol–water partition coefficient (Wildman–Crippen LogP) is 1.09. The summed E-state index contributed by atoms with van der Waals surface area (Å²) >= 11 is 0. The molecule has 144 valence electrons. The van der Waals surface area contributed by atoms with Crippen molar-refractivity contribution >= 4 is 21.9 Å². The van der Waals surface area contributed by atoms with Gasteiger partial charge in [0.1, 0.15) is 0 Å². The van der Waals surface area contributed by atoms with E-state index >= 15 is 0 Å². The fourth-order valence-electron chi connectivity index (χ4n) is 2.85. The number of piperidine rings is 1. The number of hydrogen-bond donors (Lipinski definition) is 1. The van der Waals surface area contributed by atoms with E-state index in [1.54, 1.807) is 24.4 Å². The van der Waals surface area contributed by atoms with Crippen LogP contribution in [0.5, 0.6) is 0 Å². The van der Waals surface area contributed by atoms with Gasteiger partial charge in [-0.2, -0.15) is 0 Å². The average molecular weight is 383 g/mol. The molecule has 1 aliphatic rings. The molecule has 0 aromatic carbocycles. The summed E-state index contributed by atoms with van der Waals surface area (Å²) in [5.41, 5.74) is 0.631. The molecule has 0 spiro atoms. The van der Waals surface area contributed by atoms with Crippen LogP contribution in [0.1, 0.15) is 37.8 Å². The number of hydrogen-bond acceptors (Lipinski definition) is 5. The Morgan fingerprint density at radius 2 is 1.88 bits per heavy atom. The summed E-state index contributed by atoms with van der Waals surface area (Å²) in [5.74, 6) is -1.61. The monoisotopic (exact) mass is 383 g/mol. The topological polar surface area (TPSA) is 108 Å². The summed E-state index contributed by atoms with van der Waals surface area (Å²) in [4.78, 5) is 28.6. The molecule has 26 heavy (non-hydrogen) atoms. The van der Waals surface area contributed by atoms with E-state index in [4.69, 9.17) is 5.11 Å². The molecule has 0 bridgehead atoms. The standard InChI is InChI=1S/C17H25N3O5S/c21-16(7-8-17(22)23)19(14-15-6-2-3-9-18-15)12-13-26(24,25)20-10-4-1-5-11-20/h2-3,6,9H,1,4-5,7-8,10-14H2,(H,22,23). The fraction of sp³-hybridized carbons (Fsp3) is 0.588. The van der Waals surface area contributed by atoms with Gasteiger partial charge in [-0.3, -0.25) is 14.6 Å². The minimum absolute atomic E-state index is 0.0217. The lowest BCUT2D eigenvalue weighted by Gasteiger charge is -2.28. The van der Waals surface area contributed by atoms with Gasteiger partial charge >= 0.3 is 5.97 Å². The zero-order valence-corrected chi connectivity index (χ0v) is 15.5. The number of carboxylic acid groups (broad SMARTS) is 1. The number of aromatic nitrogens is 1. The van der Waals surface area contributed by atoms with E-state index in [0.29, 0.717) is 18.8 Å². The van der Waals surface area contributed by atoms with Crippen LogP contribution in [0.25, 0.3) is 0 Å². The molecule has 1 N–H and O–H groups in total. The molecule has 0 atom stereocenters. The lowest BCUT2D eigenvalue weighted by molar-refractivity contribution is -0.141. The second kappa shape index (κ2) is 9.63. The second-order valence-corrected chi connectivity index (χ2v) is 8.39. The zero-order valence-electron chi connectivity index (χ0n) is 14.7. The van der Waals surface area contributed by atoms with Crippen molar-refractivity contribution in [3.05, 3.63) is 30.1 Å². The number of carbonyl (C=O) groups is 2. The van der Waals surface area contributed by atoms with Crippen molar-refractivity contribution in [1.82, 2.24) is 14.2 Å². The molecule has 0 radical (unpaired) electrons. The van der Waals surface area contributed by atoms with Crippen LogP contribution in [-0.2, 0) is 26.2 Å². The van der Waals surface area contributed by atoms with E-state index in [2.05, 4.69) is 4.98 Å². The van der Waals surface area contributed by atoms with E-state index in [1.807, 2.05) is 0 Å². The zero-order chi connectivity index (χ0) is 19.0. The molecular weight excluding hydrogens is 358 g/mol. The Bertz CT molecular complexity index is 702. The van der Waals surface area contributed by atoms with Gasteiger partial charge < -0.3 is 10.0 Å². The van der Waals surface area contributed by atoms with Crippen molar-refractivity contribution in [2.75, 3.05) is 25.4 Å². The third-order valence-corrected chi connectivity index (χ3v) is 6.16. The van der Waals surface area contributed by atoms with E-state index in [0.717, 1.165) is 19.3 Å². The Labute approximate surface area is 153 Å². The Morgan fingerprint density at radius 1 is 1.15 bits per heavy atom. The number of aliphatic carboxylic acids is 1. The normalized spacial score (nSPS) is 15.5. The predicted molar refractivity (Wildman–Crippen MR) is 95.7 cm³/mol. The molecule has 1 aromatic heterocycles. The second-order valence-electron chi connectivity index (χ2n) is 6.31. The molecule has 9 heteroatoms. The molecular formula is C17H25N3O5S. The molecule has 2 heterocycles. The maximum Gasteiger partial charge on any atom is 0.303 e. The van der Waals surface area contributed by atoms with Gasteiger partial charge in [0.15, 0.2) is 0 Å². The summed E-state index contributed by atoms with van der Waals surface area (Å²) < 4.78 is 26.5. The number of sulfonamides is 1. The van der Waals surface area contributed by atoms with Gasteiger partial charge in [0.25, 0.3) is 0 Å². The fourth-order valence-corrected chi connectivity index (χ4v) is 4.37. The van der Waals surface area contributed by atoms with Crippen LogP contribution in [0.3, 0.4) is 0 Å². The average Bonchev–Trinajstić information content (AvgIpc) is 2.64. The van der Waals surface area contributed by atoms with Crippen LogP contribution >= 0.6 is 0 Å². The van der Waals surface area contributed by atoms with Crippen molar-refractivity contribution in [3.63, 3.8) is 0 Å². The SMILES string of the molecule is O=C(O)CCC(=O)N(CCS(=O)(=O)N1CCCCC1)Cc1ccccn1. The lowest BCUT2D eigenvalue weighted by atomic mass is 10.2. The van der Waals surface area contributed by atoms with Crippen molar-refractivity contribution in [2.24, 2.45) is 0 Å². The van der Waals surface area contributed by atoms with Gasteiger partial charge in [0, 0.05) is 32.3 Å². The minimum Gasteiger partial charge on any atom is -0.481 e. The van der Waals surface area contributed by atoms with Crippen LogP contribution in [-0.4, -0.2) is 65.0 Å². The van der Waals surface area contributed by atoms with Gasteiger partial charge in [-0.15, -0.1) is 0 Å². The number of nitrogens with zero attached hydrogens (tertiary/aromatic N) is 3. The van der Waals surface area contributed by atoms with Gasteiger partial charge in [0.2, 0.25) is 15.9 Å². The molecule has 0 saturated carbocycles. The molecule has 0 aliphatic carbocycles. The highest BCUT2D eigenvalue weighted by Gasteiger charge is 2.26. The van der Waals surface area contributed by atoms with Crippen molar-refractivity contribution in [1.29, 1.82) is 0 Å². The first-order valence-corrected chi connectivity index (χ1v) is 10.4. The van der Waals surface area contributed by atoms with Crippen LogP contribution < -0.4 is 0 Å². The van der Waals surface area contributed by atoms with Gasteiger partial charge in [-0.05, 0) is 25.0 Å². The number of carboxylic acids is 1. The quantitative estimate of drug-likeness (QED) is 0.684. The third-order valence-electron chi connectivity index (χ3n) is 4.31. The van der Waals surface area contributed by atoms with E-state index in [9.17, 15) is 18.0 Å². The maximum atomic E-state index is 12.5. The van der Waals surface area contributed by atoms with Crippen molar-refractivity contribution < 1.29 is 23.1 Å². The summed E-state index contributed by atoms with van der Waals surface area (Å²) in [6.45, 7) is 1.23. The van der Waals surface area contributed by atoms with E-state index < -0.39 is 16.0 Å². The van der Waals surface area contributed by atoms with Gasteiger partial charge in [-0.25, -0.2) is 12.7 Å². The molecule has 1 saturated heterocycles. The van der Waals surface area contributed by atoms with Crippen molar-refractivity contribution in [2.45, 2.75) is 38.6 Å². The largest absolute Gasteiger partial charge is 0.481 e. The molecule has 1 aromatic rings. The summed E-state index contributed by atoms with van der Waals surface area (Å²) in [6.07, 6.45) is 3.90. The highest BCUT2D eigenvalue weighted by molar-refractivity contribution is 7.89.